The monoisotopic (exact) mass is 231 g/mol. The van der Waals surface area contributed by atoms with E-state index in [9.17, 15) is 4.79 Å². The van der Waals surface area contributed by atoms with Gasteiger partial charge in [-0.3, -0.25) is 0 Å². The molecule has 0 aromatic heterocycles. The van der Waals surface area contributed by atoms with Crippen molar-refractivity contribution < 1.29 is 7.86 Å². The summed E-state index contributed by atoms with van der Waals surface area (Å²) < 4.78 is 4.81. The van der Waals surface area contributed by atoms with Gasteiger partial charge in [0.15, 0.2) is 0 Å². The molecule has 0 atom stereocenters. The normalized spacial score (nSPS) is 10.1. The summed E-state index contributed by atoms with van der Waals surface area (Å²) in [6.45, 7) is 0. The minimum absolute atomic E-state index is 0.305. The van der Waals surface area contributed by atoms with Crippen LogP contribution in [0.3, 0.4) is 0 Å². The molecule has 0 aliphatic carbocycles. The van der Waals surface area contributed by atoms with Crippen LogP contribution in [0, 0.1) is 0 Å². The van der Waals surface area contributed by atoms with Crippen LogP contribution < -0.4 is 5.32 Å². The number of alkyl halides is 2. The van der Waals surface area contributed by atoms with Crippen LogP contribution in [0.25, 0.3) is 0 Å². The Morgan fingerprint density at radius 3 is 2.25 bits per heavy atom. The third-order valence-electron chi connectivity index (χ3n) is 0.429. The van der Waals surface area contributed by atoms with Gasteiger partial charge in [-0.2, -0.15) is 0 Å². The van der Waals surface area contributed by atoms with Gasteiger partial charge in [-0.1, -0.05) is 0 Å². The number of hydrogen-bond donors (Lipinski definition) is 1. The molecule has 0 aromatic rings. The van der Waals surface area contributed by atoms with Crippen LogP contribution in [0.4, 0.5) is 4.79 Å². The van der Waals surface area contributed by atoms with E-state index in [4.69, 9.17) is 3.07 Å². The fourth-order valence-corrected chi connectivity index (χ4v) is 1.20. The Morgan fingerprint density at radius 2 is 2.12 bits per heavy atom. The second-order valence-corrected chi connectivity index (χ2v) is 5.66. The molecule has 1 amide bonds. The van der Waals surface area contributed by atoms with Gasteiger partial charge in [0.05, 0.1) is 0 Å². The summed E-state index contributed by atoms with van der Waals surface area (Å²) in [7, 11) is 1.56. The molecular weight excluding hydrogens is 221 g/mol. The van der Waals surface area contributed by atoms with Gasteiger partial charge in [-0.15, -0.1) is 0 Å². The van der Waals surface area contributed by atoms with Gasteiger partial charge in [-0.25, -0.2) is 0 Å². The van der Waals surface area contributed by atoms with E-state index in [2.05, 4.69) is 5.32 Å². The number of nitrogens with one attached hydrogen (secondary N) is 1. The molecule has 0 bridgehead atoms. The van der Waals surface area contributed by atoms with E-state index >= 15 is 0 Å². The summed E-state index contributed by atoms with van der Waals surface area (Å²) in [5.41, 5.74) is 0. The third kappa shape index (κ3) is 4.17. The predicted molar refractivity (Wildman–Crippen MR) is 41.4 cm³/mol. The molecule has 0 rings (SSSR count). The molecule has 0 saturated carbocycles. The van der Waals surface area contributed by atoms with Gasteiger partial charge in [0.1, 0.15) is 0 Å². The second-order valence-electron chi connectivity index (χ2n) is 1.30. The Labute approximate surface area is 56.7 Å². The molecule has 3 nitrogen and oxygen atoms in total. The van der Waals surface area contributed by atoms with Gasteiger partial charge in [0, 0.05) is 0 Å². The molecule has 0 aliphatic rings. The predicted octanol–water partition coefficient (Wildman–Crippen LogP) is 1.02. The van der Waals surface area contributed by atoms with Crippen LogP contribution in [0.15, 0.2) is 0 Å². The number of hydrogen-bond acceptors (Lipinski definition) is 2. The molecule has 0 spiro atoms. The summed E-state index contributed by atoms with van der Waals surface area (Å²) >= 11 is -1.30. The Bertz CT molecular complexity index is 84.1. The Balaban J connectivity index is 3.25. The minimum atomic E-state index is -1.30. The number of halogens is 1. The SMILES string of the molecule is CNC(=O)OI(C)C. The summed E-state index contributed by atoms with van der Waals surface area (Å²) in [5, 5.41) is 2.37. The van der Waals surface area contributed by atoms with Gasteiger partial charge in [0.25, 0.3) is 0 Å². The van der Waals surface area contributed by atoms with Crippen LogP contribution in [0.2, 0.25) is 0 Å². The second kappa shape index (κ2) is 3.94. The molecule has 4 heteroatoms. The van der Waals surface area contributed by atoms with E-state index < -0.39 is 20.2 Å². The van der Waals surface area contributed by atoms with Crippen LogP contribution in [-0.2, 0) is 3.07 Å². The average molecular weight is 231 g/mol. The first-order valence-corrected chi connectivity index (χ1v) is 7.26. The maximum atomic E-state index is 10.3. The topological polar surface area (TPSA) is 38.3 Å². The number of rotatable bonds is 1. The van der Waals surface area contributed by atoms with E-state index in [1.54, 1.807) is 7.05 Å². The van der Waals surface area contributed by atoms with Crippen molar-refractivity contribution in [3.8, 4) is 0 Å². The first kappa shape index (κ1) is 8.00. The zero-order valence-corrected chi connectivity index (χ0v) is 7.35. The fraction of sp³-hybridized carbons (Fsp3) is 0.750. The average Bonchev–Trinajstić information content (AvgIpc) is 1.65. The summed E-state index contributed by atoms with van der Waals surface area (Å²) in [6, 6.07) is 0. The van der Waals surface area contributed by atoms with E-state index in [1.165, 1.54) is 0 Å². The Morgan fingerprint density at radius 1 is 1.62 bits per heavy atom. The molecule has 1 N–H and O–H groups in total. The molecule has 0 aliphatic heterocycles. The Hall–Kier alpha value is 0. The van der Waals surface area contributed by atoms with Crippen molar-refractivity contribution in [2.24, 2.45) is 0 Å². The van der Waals surface area contributed by atoms with Crippen LogP contribution in [-0.4, -0.2) is 23.0 Å². The zero-order chi connectivity index (χ0) is 6.57. The van der Waals surface area contributed by atoms with Gasteiger partial charge in [0.2, 0.25) is 0 Å². The van der Waals surface area contributed by atoms with Crippen molar-refractivity contribution in [2.75, 3.05) is 16.9 Å². The number of amides is 1. The molecule has 0 fully saturated rings. The van der Waals surface area contributed by atoms with Gasteiger partial charge in [-0.05, 0) is 0 Å². The van der Waals surface area contributed by atoms with Crippen molar-refractivity contribution in [2.45, 2.75) is 0 Å². The summed E-state index contributed by atoms with van der Waals surface area (Å²) in [5.74, 6) is 0. The molecule has 50 valence electrons. The first-order valence-electron chi connectivity index (χ1n) is 2.07. The number of carbonyl (C=O) groups is 1. The van der Waals surface area contributed by atoms with Crippen molar-refractivity contribution in [1.82, 2.24) is 5.32 Å². The fourth-order valence-electron chi connectivity index (χ4n) is 0.179. The quantitative estimate of drug-likeness (QED) is 0.540. The van der Waals surface area contributed by atoms with Crippen molar-refractivity contribution in [3.05, 3.63) is 0 Å². The van der Waals surface area contributed by atoms with Gasteiger partial charge < -0.3 is 0 Å². The molecule has 0 unspecified atom stereocenters. The van der Waals surface area contributed by atoms with Crippen LogP contribution in [0.5, 0.6) is 0 Å². The molecule has 0 saturated heterocycles. The molecular formula is C4H10INO2. The summed E-state index contributed by atoms with van der Waals surface area (Å²) in [4.78, 5) is 14.2. The summed E-state index contributed by atoms with van der Waals surface area (Å²) in [6.07, 6.45) is -0.305. The van der Waals surface area contributed by atoms with Crippen molar-refractivity contribution >= 4 is 26.3 Å². The molecule has 0 aromatic carbocycles. The Kier molecular flexibility index (Phi) is 3.94. The van der Waals surface area contributed by atoms with Crippen molar-refractivity contribution in [3.63, 3.8) is 0 Å². The maximum absolute atomic E-state index is 10.3. The zero-order valence-electron chi connectivity index (χ0n) is 5.19. The van der Waals surface area contributed by atoms with E-state index in [0.717, 1.165) is 0 Å². The van der Waals surface area contributed by atoms with E-state index in [0.29, 0.717) is 0 Å². The number of carbonyl (C=O) groups excluding carboxylic acids is 1. The standard InChI is InChI=1S/C4H10INO2/c1-5(2)8-4(7)6-3/h1-3H3,(H,6,7). The van der Waals surface area contributed by atoms with Crippen LogP contribution in [0.1, 0.15) is 0 Å². The van der Waals surface area contributed by atoms with E-state index in [1.807, 2.05) is 9.86 Å². The first-order chi connectivity index (χ1) is 3.66. The molecule has 0 radical (unpaired) electrons. The molecule has 0 heterocycles. The van der Waals surface area contributed by atoms with E-state index in [-0.39, 0.29) is 6.09 Å². The van der Waals surface area contributed by atoms with Crippen molar-refractivity contribution in [1.29, 1.82) is 0 Å². The van der Waals surface area contributed by atoms with Crippen LogP contribution >= 0.6 is 20.2 Å². The van der Waals surface area contributed by atoms with Gasteiger partial charge >= 0.3 is 56.4 Å². The third-order valence-corrected chi connectivity index (χ3v) is 1.71. The molecule has 8 heavy (non-hydrogen) atoms.